The predicted molar refractivity (Wildman–Crippen MR) is 117 cm³/mol. The Hall–Kier alpha value is -2.14. The Morgan fingerprint density at radius 3 is 2.50 bits per heavy atom. The summed E-state index contributed by atoms with van der Waals surface area (Å²) in [7, 11) is -2.31. The van der Waals surface area contributed by atoms with E-state index in [1.807, 2.05) is 6.92 Å². The zero-order valence-corrected chi connectivity index (χ0v) is 18.4. The summed E-state index contributed by atoms with van der Waals surface area (Å²) in [5, 5.41) is 3.66. The zero-order valence-electron chi connectivity index (χ0n) is 16.8. The molecule has 1 fully saturated rings. The average Bonchev–Trinajstić information content (AvgIpc) is 3.17. The molecule has 1 aliphatic rings. The highest BCUT2D eigenvalue weighted by atomic mass is 32.3. The first kappa shape index (κ1) is 22.5. The van der Waals surface area contributed by atoms with Crippen LogP contribution in [0, 0.1) is 5.82 Å². The molecule has 7 nitrogen and oxygen atoms in total. The third-order valence-electron chi connectivity index (χ3n) is 4.65. The monoisotopic (exact) mass is 452 g/mol. The van der Waals surface area contributed by atoms with E-state index >= 15 is 0 Å². The molecule has 2 aromatic rings. The number of sulfonamides is 1. The van der Waals surface area contributed by atoms with E-state index in [1.54, 1.807) is 24.3 Å². The van der Waals surface area contributed by atoms with Gasteiger partial charge in [-0.3, -0.25) is 4.99 Å². The van der Waals surface area contributed by atoms with Crippen molar-refractivity contribution in [3.8, 4) is 5.75 Å². The van der Waals surface area contributed by atoms with Gasteiger partial charge in [0.05, 0.1) is 18.6 Å². The van der Waals surface area contributed by atoms with Crippen molar-refractivity contribution in [1.29, 1.82) is 0 Å². The van der Waals surface area contributed by atoms with Crippen LogP contribution in [0.2, 0.25) is 0 Å². The standard InChI is InChI=1S/C20H25FN4O3S2/c1-3-16(22)13-23-20-24-19(12-14-4-6-15(21)7-5-14)25(29-20)30(26,27)18-10-8-17(28-2)9-11-18/h4-11,16,19H,3,12-13,22H2,1-2H3,(H,23,24). The summed E-state index contributed by atoms with van der Waals surface area (Å²) in [6, 6.07) is 12.1. The molecule has 0 aliphatic carbocycles. The molecule has 0 saturated carbocycles. The van der Waals surface area contributed by atoms with Crippen LogP contribution in [-0.2, 0) is 16.4 Å². The number of ether oxygens (including phenoxy) is 1. The summed E-state index contributed by atoms with van der Waals surface area (Å²) in [6.45, 7) is 2.36. The lowest BCUT2D eigenvalue weighted by atomic mass is 10.1. The minimum Gasteiger partial charge on any atom is -0.497 e. The molecule has 3 N–H and O–H groups in total. The lowest BCUT2D eigenvalue weighted by molar-refractivity contribution is 0.414. The number of hydrogen-bond acceptors (Lipinski definition) is 6. The second-order valence-electron chi connectivity index (χ2n) is 6.83. The van der Waals surface area contributed by atoms with Crippen molar-refractivity contribution in [2.75, 3.05) is 13.7 Å². The molecule has 1 aliphatic heterocycles. The van der Waals surface area contributed by atoms with Gasteiger partial charge in [0.2, 0.25) is 0 Å². The van der Waals surface area contributed by atoms with Gasteiger partial charge in [0.15, 0.2) is 5.17 Å². The normalized spacial score (nSPS) is 19.6. The number of rotatable bonds is 8. The summed E-state index contributed by atoms with van der Waals surface area (Å²) < 4.78 is 46.3. The number of nitrogens with zero attached hydrogens (tertiary/aromatic N) is 2. The Morgan fingerprint density at radius 2 is 1.90 bits per heavy atom. The number of aliphatic imine (C=N–C) groups is 1. The lowest BCUT2D eigenvalue weighted by Crippen LogP contribution is -2.40. The molecule has 30 heavy (non-hydrogen) atoms. The third kappa shape index (κ3) is 5.31. The molecule has 2 atom stereocenters. The van der Waals surface area contributed by atoms with Crippen LogP contribution in [0.3, 0.4) is 0 Å². The van der Waals surface area contributed by atoms with Gasteiger partial charge in [0.1, 0.15) is 17.7 Å². The van der Waals surface area contributed by atoms with Gasteiger partial charge in [-0.15, -0.1) is 3.71 Å². The van der Waals surface area contributed by atoms with E-state index in [9.17, 15) is 12.8 Å². The minimum absolute atomic E-state index is 0.0947. The Labute approximate surface area is 180 Å². The van der Waals surface area contributed by atoms with Crippen LogP contribution in [0.25, 0.3) is 0 Å². The largest absolute Gasteiger partial charge is 0.497 e. The number of hydrogen-bond donors (Lipinski definition) is 2. The number of benzene rings is 2. The van der Waals surface area contributed by atoms with Crippen molar-refractivity contribution in [3.05, 3.63) is 59.9 Å². The van der Waals surface area contributed by atoms with Crippen LogP contribution < -0.4 is 15.8 Å². The number of amidine groups is 1. The second kappa shape index (κ2) is 9.78. The Bertz CT molecular complexity index is 982. The summed E-state index contributed by atoms with van der Waals surface area (Å²) in [6.07, 6.45) is 0.541. The number of methoxy groups -OCH3 is 1. The molecule has 1 heterocycles. The second-order valence-corrected chi connectivity index (χ2v) is 9.84. The van der Waals surface area contributed by atoms with Gasteiger partial charge in [-0.2, -0.15) is 0 Å². The highest BCUT2D eigenvalue weighted by Crippen LogP contribution is 2.32. The number of nitrogens with two attached hydrogens (primary N) is 1. The van der Waals surface area contributed by atoms with Gasteiger partial charge in [-0.25, -0.2) is 12.8 Å². The van der Waals surface area contributed by atoms with Crippen LogP contribution in [0.15, 0.2) is 58.4 Å². The molecule has 162 valence electrons. The quantitative estimate of drug-likeness (QED) is 0.598. The van der Waals surface area contributed by atoms with Crippen molar-refractivity contribution >= 4 is 27.1 Å². The smallest absolute Gasteiger partial charge is 0.254 e. The first-order chi connectivity index (χ1) is 14.3. The SMILES string of the molecule is CCC(N)CN=C1NC(Cc2ccc(F)cc2)N(S(=O)(=O)c2ccc(OC)cc2)S1. The van der Waals surface area contributed by atoms with E-state index in [0.29, 0.717) is 23.9 Å². The third-order valence-corrected chi connectivity index (χ3v) is 7.91. The average molecular weight is 453 g/mol. The number of halogens is 1. The van der Waals surface area contributed by atoms with Crippen molar-refractivity contribution in [1.82, 2.24) is 9.03 Å². The van der Waals surface area contributed by atoms with Crippen LogP contribution in [0.1, 0.15) is 18.9 Å². The molecule has 10 heteroatoms. The molecule has 0 spiro atoms. The van der Waals surface area contributed by atoms with E-state index in [0.717, 1.165) is 23.9 Å². The molecule has 0 bridgehead atoms. The summed E-state index contributed by atoms with van der Waals surface area (Å²) in [4.78, 5) is 4.59. The Kier molecular flexibility index (Phi) is 7.35. The van der Waals surface area contributed by atoms with Gasteiger partial charge in [-0.1, -0.05) is 19.1 Å². The number of nitrogens with one attached hydrogen (secondary N) is 1. The highest BCUT2D eigenvalue weighted by Gasteiger charge is 2.39. The summed E-state index contributed by atoms with van der Waals surface area (Å²) >= 11 is 1.03. The fraction of sp³-hybridized carbons (Fsp3) is 0.350. The molecule has 2 aromatic carbocycles. The van der Waals surface area contributed by atoms with Crippen molar-refractivity contribution in [3.63, 3.8) is 0 Å². The summed E-state index contributed by atoms with van der Waals surface area (Å²) in [5.74, 6) is 0.228. The van der Waals surface area contributed by atoms with Crippen LogP contribution in [-0.4, -0.2) is 43.2 Å². The molecule has 0 aromatic heterocycles. The lowest BCUT2D eigenvalue weighted by Gasteiger charge is -2.21. The molecular weight excluding hydrogens is 427 g/mol. The molecule has 1 saturated heterocycles. The van der Waals surface area contributed by atoms with Gasteiger partial charge >= 0.3 is 0 Å². The maximum Gasteiger partial charge on any atom is 0.254 e. The molecule has 0 radical (unpaired) electrons. The van der Waals surface area contributed by atoms with Gasteiger partial charge < -0.3 is 15.8 Å². The first-order valence-electron chi connectivity index (χ1n) is 9.51. The topological polar surface area (TPSA) is 97.0 Å². The van der Waals surface area contributed by atoms with Crippen molar-refractivity contribution < 1.29 is 17.5 Å². The Morgan fingerprint density at radius 1 is 1.23 bits per heavy atom. The van der Waals surface area contributed by atoms with E-state index in [4.69, 9.17) is 10.5 Å². The van der Waals surface area contributed by atoms with Crippen LogP contribution >= 0.6 is 11.9 Å². The fourth-order valence-electron chi connectivity index (χ4n) is 2.81. The van der Waals surface area contributed by atoms with Crippen molar-refractivity contribution in [2.45, 2.75) is 36.9 Å². The molecular formula is C20H25FN4O3S2. The molecule has 3 rings (SSSR count). The predicted octanol–water partition coefficient (Wildman–Crippen LogP) is 2.74. The van der Waals surface area contributed by atoms with Crippen LogP contribution in [0.5, 0.6) is 5.75 Å². The van der Waals surface area contributed by atoms with Crippen LogP contribution in [0.4, 0.5) is 4.39 Å². The van der Waals surface area contributed by atoms with Gasteiger partial charge in [-0.05, 0) is 48.4 Å². The molecule has 0 amide bonds. The van der Waals surface area contributed by atoms with E-state index in [1.165, 1.54) is 35.1 Å². The van der Waals surface area contributed by atoms with Gasteiger partial charge in [0.25, 0.3) is 10.0 Å². The van der Waals surface area contributed by atoms with E-state index in [2.05, 4.69) is 10.3 Å². The summed E-state index contributed by atoms with van der Waals surface area (Å²) in [5.41, 5.74) is 6.74. The zero-order chi connectivity index (χ0) is 21.7. The molecule has 2 unspecified atom stereocenters. The van der Waals surface area contributed by atoms with Gasteiger partial charge in [0, 0.05) is 24.4 Å². The Balaban J connectivity index is 1.88. The maximum atomic E-state index is 13.3. The van der Waals surface area contributed by atoms with E-state index < -0.39 is 16.2 Å². The first-order valence-corrected chi connectivity index (χ1v) is 11.7. The minimum atomic E-state index is -3.83. The van der Waals surface area contributed by atoms with E-state index in [-0.39, 0.29) is 16.8 Å². The van der Waals surface area contributed by atoms with Crippen molar-refractivity contribution in [2.24, 2.45) is 10.7 Å². The fourth-order valence-corrected chi connectivity index (χ4v) is 5.57. The maximum absolute atomic E-state index is 13.3. The highest BCUT2D eigenvalue weighted by molar-refractivity contribution is 8.18.